The van der Waals surface area contributed by atoms with E-state index in [1.54, 1.807) is 6.07 Å². The number of thioether (sulfide) groups is 1. The summed E-state index contributed by atoms with van der Waals surface area (Å²) in [5.41, 5.74) is -0.132. The summed E-state index contributed by atoms with van der Waals surface area (Å²) in [4.78, 5) is 25.3. The molecule has 1 aliphatic rings. The van der Waals surface area contributed by atoms with Crippen LogP contribution in [-0.4, -0.2) is 79.3 Å². The molecule has 1 rings (SSSR count). The van der Waals surface area contributed by atoms with Gasteiger partial charge in [-0.1, -0.05) is 0 Å². The van der Waals surface area contributed by atoms with E-state index in [2.05, 4.69) is 15.5 Å². The first-order chi connectivity index (χ1) is 11.6. The average molecular weight is 356 g/mol. The summed E-state index contributed by atoms with van der Waals surface area (Å²) < 4.78 is 5.25. The van der Waals surface area contributed by atoms with Gasteiger partial charge < -0.3 is 20.5 Å². The highest BCUT2D eigenvalue weighted by atomic mass is 32.2. The van der Waals surface area contributed by atoms with E-state index in [1.165, 1.54) is 18.0 Å². The maximum Gasteiger partial charge on any atom is 0.326 e. The fourth-order valence-corrected chi connectivity index (χ4v) is 2.57. The van der Waals surface area contributed by atoms with Crippen LogP contribution in [0.15, 0.2) is 11.8 Å². The zero-order valence-electron chi connectivity index (χ0n) is 13.8. The van der Waals surface area contributed by atoms with Gasteiger partial charge in [0.1, 0.15) is 17.7 Å². The van der Waals surface area contributed by atoms with Crippen LogP contribution in [0.5, 0.6) is 0 Å². The summed E-state index contributed by atoms with van der Waals surface area (Å²) in [5.74, 6) is -0.844. The van der Waals surface area contributed by atoms with Gasteiger partial charge in [0.2, 0.25) is 0 Å². The maximum atomic E-state index is 12.0. The number of nitrogens with zero attached hydrogens (tertiary/aromatic N) is 2. The van der Waals surface area contributed by atoms with Crippen molar-refractivity contribution in [3.63, 3.8) is 0 Å². The normalized spacial score (nSPS) is 16.9. The third kappa shape index (κ3) is 7.68. The largest absolute Gasteiger partial charge is 0.480 e. The van der Waals surface area contributed by atoms with Crippen molar-refractivity contribution in [3.8, 4) is 6.07 Å². The van der Waals surface area contributed by atoms with Gasteiger partial charge in [0.15, 0.2) is 0 Å². The summed E-state index contributed by atoms with van der Waals surface area (Å²) in [6.45, 7) is 4.14. The SMILES string of the molecule is CSCCC(N/C=C(/C#N)C(=O)NCCN1CCOCC1)C(=O)O. The minimum atomic E-state index is -1.01. The zero-order chi connectivity index (χ0) is 17.8. The van der Waals surface area contributed by atoms with E-state index < -0.39 is 17.9 Å². The number of hydrogen-bond donors (Lipinski definition) is 3. The van der Waals surface area contributed by atoms with Crippen LogP contribution < -0.4 is 10.6 Å². The summed E-state index contributed by atoms with van der Waals surface area (Å²) >= 11 is 1.54. The fourth-order valence-electron chi connectivity index (χ4n) is 2.09. The number of carbonyl (C=O) groups excluding carboxylic acids is 1. The molecule has 0 aromatic carbocycles. The van der Waals surface area contributed by atoms with Crippen LogP contribution in [0.4, 0.5) is 0 Å². The molecule has 1 saturated heterocycles. The first-order valence-corrected chi connectivity index (χ1v) is 9.14. The molecule has 8 nitrogen and oxygen atoms in total. The second-order valence-corrected chi connectivity index (χ2v) is 6.20. The molecular formula is C15H24N4O4S. The Kier molecular flexibility index (Phi) is 9.91. The second-order valence-electron chi connectivity index (χ2n) is 5.22. The average Bonchev–Trinajstić information content (AvgIpc) is 2.58. The summed E-state index contributed by atoms with van der Waals surface area (Å²) in [7, 11) is 0. The minimum Gasteiger partial charge on any atom is -0.480 e. The van der Waals surface area contributed by atoms with E-state index in [1.807, 2.05) is 6.26 Å². The van der Waals surface area contributed by atoms with Gasteiger partial charge in [-0.25, -0.2) is 4.79 Å². The second kappa shape index (κ2) is 11.7. The smallest absolute Gasteiger partial charge is 0.326 e. The fraction of sp³-hybridized carbons (Fsp3) is 0.667. The molecule has 0 spiro atoms. The molecule has 134 valence electrons. The molecule has 0 aromatic heterocycles. The Morgan fingerprint density at radius 2 is 2.17 bits per heavy atom. The molecule has 0 saturated carbocycles. The summed E-state index contributed by atoms with van der Waals surface area (Å²) in [6.07, 6.45) is 3.48. The molecule has 3 N–H and O–H groups in total. The standard InChI is InChI=1S/C15H24N4O4S/c1-24-9-2-13(15(21)22)18-11-12(10-16)14(20)17-3-4-19-5-7-23-8-6-19/h11,13,18H,2-9H2,1H3,(H,17,20)(H,21,22)/b12-11-. The maximum absolute atomic E-state index is 12.0. The Morgan fingerprint density at radius 1 is 1.46 bits per heavy atom. The number of nitriles is 1. The quantitative estimate of drug-likeness (QED) is 0.359. The van der Waals surface area contributed by atoms with Gasteiger partial charge in [-0.05, 0) is 18.4 Å². The molecule has 1 amide bonds. The molecule has 0 bridgehead atoms. The third-order valence-electron chi connectivity index (χ3n) is 3.52. The van der Waals surface area contributed by atoms with Gasteiger partial charge in [-0.15, -0.1) is 0 Å². The van der Waals surface area contributed by atoms with Gasteiger partial charge in [0.25, 0.3) is 5.91 Å². The molecule has 0 aliphatic carbocycles. The number of carbonyl (C=O) groups is 2. The highest BCUT2D eigenvalue weighted by Crippen LogP contribution is 2.02. The summed E-state index contributed by atoms with van der Waals surface area (Å²) in [6, 6.07) is 0.978. The Labute approximate surface area is 146 Å². The van der Waals surface area contributed by atoms with Crippen LogP contribution in [0.3, 0.4) is 0 Å². The summed E-state index contributed by atoms with van der Waals surface area (Å²) in [5, 5.41) is 23.5. The Hall–Kier alpha value is -1.76. The monoisotopic (exact) mass is 356 g/mol. The molecule has 9 heteroatoms. The van der Waals surface area contributed by atoms with E-state index in [0.717, 1.165) is 13.1 Å². The molecule has 24 heavy (non-hydrogen) atoms. The van der Waals surface area contributed by atoms with Crippen LogP contribution in [-0.2, 0) is 14.3 Å². The number of aliphatic carboxylic acids is 1. The number of morpholine rings is 1. The number of hydrogen-bond acceptors (Lipinski definition) is 7. The molecule has 0 aromatic rings. The minimum absolute atomic E-state index is 0.132. The van der Waals surface area contributed by atoms with Crippen molar-refractivity contribution in [1.82, 2.24) is 15.5 Å². The number of carboxylic acids is 1. The number of rotatable bonds is 10. The van der Waals surface area contributed by atoms with Gasteiger partial charge in [-0.2, -0.15) is 17.0 Å². The predicted molar refractivity (Wildman–Crippen MR) is 91.5 cm³/mol. The highest BCUT2D eigenvalue weighted by Gasteiger charge is 2.17. The third-order valence-corrected chi connectivity index (χ3v) is 4.16. The number of nitrogens with one attached hydrogen (secondary N) is 2. The molecule has 1 aliphatic heterocycles. The molecule has 1 atom stereocenters. The molecule has 1 unspecified atom stereocenters. The highest BCUT2D eigenvalue weighted by molar-refractivity contribution is 7.98. The topological polar surface area (TPSA) is 115 Å². The molecule has 0 radical (unpaired) electrons. The van der Waals surface area contributed by atoms with Crippen LogP contribution in [0, 0.1) is 11.3 Å². The molecular weight excluding hydrogens is 332 g/mol. The van der Waals surface area contributed by atoms with Crippen LogP contribution >= 0.6 is 11.8 Å². The van der Waals surface area contributed by atoms with Crippen LogP contribution in [0.1, 0.15) is 6.42 Å². The zero-order valence-corrected chi connectivity index (χ0v) is 14.6. The van der Waals surface area contributed by atoms with Gasteiger partial charge in [-0.3, -0.25) is 9.69 Å². The van der Waals surface area contributed by atoms with Crippen molar-refractivity contribution in [2.45, 2.75) is 12.5 Å². The van der Waals surface area contributed by atoms with Crippen molar-refractivity contribution in [2.24, 2.45) is 0 Å². The Balaban J connectivity index is 2.43. The van der Waals surface area contributed by atoms with Crippen LogP contribution in [0.25, 0.3) is 0 Å². The van der Waals surface area contributed by atoms with Crippen LogP contribution in [0.2, 0.25) is 0 Å². The lowest BCUT2D eigenvalue weighted by atomic mass is 10.2. The van der Waals surface area contributed by atoms with Crippen molar-refractivity contribution >= 4 is 23.6 Å². The first-order valence-electron chi connectivity index (χ1n) is 7.74. The molecule has 1 fully saturated rings. The Morgan fingerprint density at radius 3 is 2.75 bits per heavy atom. The van der Waals surface area contributed by atoms with Crippen molar-refractivity contribution < 1.29 is 19.4 Å². The van der Waals surface area contributed by atoms with E-state index in [0.29, 0.717) is 38.5 Å². The molecule has 1 heterocycles. The predicted octanol–water partition coefficient (Wildman–Crippen LogP) is -0.362. The van der Waals surface area contributed by atoms with E-state index in [4.69, 9.17) is 15.1 Å². The van der Waals surface area contributed by atoms with E-state index in [9.17, 15) is 9.59 Å². The van der Waals surface area contributed by atoms with Gasteiger partial charge >= 0.3 is 5.97 Å². The number of ether oxygens (including phenoxy) is 1. The number of amides is 1. The lowest BCUT2D eigenvalue weighted by Crippen LogP contribution is -2.41. The van der Waals surface area contributed by atoms with Crippen molar-refractivity contribution in [1.29, 1.82) is 5.26 Å². The van der Waals surface area contributed by atoms with E-state index >= 15 is 0 Å². The number of carboxylic acid groups (broad SMARTS) is 1. The van der Waals surface area contributed by atoms with Gasteiger partial charge in [0.05, 0.1) is 13.2 Å². The first kappa shape index (κ1) is 20.3. The lowest BCUT2D eigenvalue weighted by molar-refractivity contribution is -0.139. The van der Waals surface area contributed by atoms with Crippen molar-refractivity contribution in [2.75, 3.05) is 51.4 Å². The lowest BCUT2D eigenvalue weighted by Gasteiger charge is -2.26. The van der Waals surface area contributed by atoms with E-state index in [-0.39, 0.29) is 5.57 Å². The van der Waals surface area contributed by atoms with Crippen molar-refractivity contribution in [3.05, 3.63) is 11.8 Å². The van der Waals surface area contributed by atoms with Gasteiger partial charge in [0, 0.05) is 32.4 Å². The Bertz CT molecular complexity index is 486.